The number of pyridine rings is 1. The number of nitrogens with two attached hydrogens (primary N) is 1. The summed E-state index contributed by atoms with van der Waals surface area (Å²) in [6, 6.07) is 9.80. The molecule has 0 bridgehead atoms. The first-order valence-corrected chi connectivity index (χ1v) is 5.73. The number of benzene rings is 1. The molecule has 1 amide bonds. The van der Waals surface area contributed by atoms with Crippen LogP contribution in [0.5, 0.6) is 0 Å². The van der Waals surface area contributed by atoms with E-state index in [9.17, 15) is 9.18 Å². The lowest BCUT2D eigenvalue weighted by atomic mass is 10.1. The van der Waals surface area contributed by atoms with E-state index in [0.29, 0.717) is 11.3 Å². The van der Waals surface area contributed by atoms with Crippen molar-refractivity contribution < 1.29 is 9.18 Å². The Labute approximate surface area is 115 Å². The molecule has 2 aromatic rings. The number of carbonyl (C=O) groups is 1. The monoisotopic (exact) mass is 270 g/mol. The molecule has 1 aromatic carbocycles. The Morgan fingerprint density at radius 2 is 2.10 bits per heavy atom. The van der Waals surface area contributed by atoms with Crippen LogP contribution in [0.2, 0.25) is 0 Å². The van der Waals surface area contributed by atoms with Gasteiger partial charge in [-0.05, 0) is 18.2 Å². The second-order valence-corrected chi connectivity index (χ2v) is 4.05. The summed E-state index contributed by atoms with van der Waals surface area (Å²) in [4.78, 5) is 17.1. The van der Waals surface area contributed by atoms with Gasteiger partial charge in [-0.15, -0.1) is 0 Å². The van der Waals surface area contributed by atoms with Gasteiger partial charge in [0.2, 0.25) is 0 Å². The van der Waals surface area contributed by atoms with Crippen molar-refractivity contribution in [1.29, 1.82) is 5.26 Å². The first-order valence-electron chi connectivity index (χ1n) is 5.73. The predicted octanol–water partition coefficient (Wildman–Crippen LogP) is 1.95. The molecule has 0 saturated carbocycles. The van der Waals surface area contributed by atoms with Gasteiger partial charge >= 0.3 is 0 Å². The first-order chi connectivity index (χ1) is 9.56. The zero-order valence-electron chi connectivity index (χ0n) is 10.7. The standard InChI is InChI=1S/C14H11FN4O/c1-19(11-5-3-2-4-9(11)8-16)14(20)10-6-7-18-13(17)12(10)15/h2-7H,1H3,(H2,17,18). The highest BCUT2D eigenvalue weighted by Crippen LogP contribution is 2.22. The van der Waals surface area contributed by atoms with Gasteiger partial charge in [-0.1, -0.05) is 12.1 Å². The van der Waals surface area contributed by atoms with Crippen LogP contribution in [0.3, 0.4) is 0 Å². The SMILES string of the molecule is CN(C(=O)c1ccnc(N)c1F)c1ccccc1C#N. The average molecular weight is 270 g/mol. The van der Waals surface area contributed by atoms with Crippen LogP contribution in [-0.4, -0.2) is 17.9 Å². The Kier molecular flexibility index (Phi) is 3.62. The van der Waals surface area contributed by atoms with Crippen LogP contribution in [0.1, 0.15) is 15.9 Å². The van der Waals surface area contributed by atoms with Crippen LogP contribution < -0.4 is 10.6 Å². The lowest BCUT2D eigenvalue weighted by molar-refractivity contribution is 0.0989. The Hall–Kier alpha value is -2.94. The summed E-state index contributed by atoms with van der Waals surface area (Å²) in [6.45, 7) is 0. The maximum Gasteiger partial charge on any atom is 0.261 e. The molecule has 0 aliphatic rings. The maximum absolute atomic E-state index is 13.8. The van der Waals surface area contributed by atoms with E-state index in [1.165, 1.54) is 24.2 Å². The number of hydrogen-bond acceptors (Lipinski definition) is 4. The molecule has 0 fully saturated rings. The van der Waals surface area contributed by atoms with Crippen molar-refractivity contribution in [2.75, 3.05) is 17.7 Å². The van der Waals surface area contributed by atoms with Gasteiger partial charge in [-0.3, -0.25) is 4.79 Å². The third-order valence-corrected chi connectivity index (χ3v) is 2.84. The summed E-state index contributed by atoms with van der Waals surface area (Å²) in [5, 5.41) is 9.03. The second kappa shape index (κ2) is 5.36. The number of nitrogens with zero attached hydrogens (tertiary/aromatic N) is 3. The molecule has 0 saturated heterocycles. The normalized spacial score (nSPS) is 9.85. The number of amides is 1. The van der Waals surface area contributed by atoms with Gasteiger partial charge in [0.05, 0.1) is 16.8 Å². The number of hydrogen-bond donors (Lipinski definition) is 1. The van der Waals surface area contributed by atoms with E-state index >= 15 is 0 Å². The predicted molar refractivity (Wildman–Crippen MR) is 72.5 cm³/mol. The molecule has 2 N–H and O–H groups in total. The van der Waals surface area contributed by atoms with Crippen LogP contribution in [-0.2, 0) is 0 Å². The quantitative estimate of drug-likeness (QED) is 0.904. The molecule has 0 spiro atoms. The van der Waals surface area contributed by atoms with Crippen LogP contribution >= 0.6 is 0 Å². The fraction of sp³-hybridized carbons (Fsp3) is 0.0714. The molecular formula is C14H11FN4O. The zero-order valence-corrected chi connectivity index (χ0v) is 10.7. The molecule has 1 heterocycles. The van der Waals surface area contributed by atoms with Crippen LogP contribution in [0.25, 0.3) is 0 Å². The van der Waals surface area contributed by atoms with Gasteiger partial charge in [-0.2, -0.15) is 5.26 Å². The molecule has 0 aliphatic carbocycles. The number of halogens is 1. The summed E-state index contributed by atoms with van der Waals surface area (Å²) in [5.74, 6) is -1.80. The van der Waals surface area contributed by atoms with E-state index in [0.717, 1.165) is 0 Å². The fourth-order valence-corrected chi connectivity index (χ4v) is 1.78. The highest BCUT2D eigenvalue weighted by molar-refractivity contribution is 6.06. The Morgan fingerprint density at radius 1 is 1.40 bits per heavy atom. The number of para-hydroxylation sites is 1. The fourth-order valence-electron chi connectivity index (χ4n) is 1.78. The number of anilines is 2. The molecule has 0 aliphatic heterocycles. The summed E-state index contributed by atoms with van der Waals surface area (Å²) < 4.78 is 13.8. The highest BCUT2D eigenvalue weighted by Gasteiger charge is 2.20. The highest BCUT2D eigenvalue weighted by atomic mass is 19.1. The summed E-state index contributed by atoms with van der Waals surface area (Å²) >= 11 is 0. The lowest BCUT2D eigenvalue weighted by Gasteiger charge is -2.19. The van der Waals surface area contributed by atoms with E-state index in [1.54, 1.807) is 24.3 Å². The van der Waals surface area contributed by atoms with Gasteiger partial charge in [-0.25, -0.2) is 9.37 Å². The molecule has 100 valence electrons. The summed E-state index contributed by atoms with van der Waals surface area (Å²) in [6.07, 6.45) is 1.26. The molecule has 0 unspecified atom stereocenters. The molecule has 5 nitrogen and oxygen atoms in total. The molecular weight excluding hydrogens is 259 g/mol. The lowest BCUT2D eigenvalue weighted by Crippen LogP contribution is -2.28. The second-order valence-electron chi connectivity index (χ2n) is 4.05. The topological polar surface area (TPSA) is 83.0 Å². The minimum atomic E-state index is -0.862. The van der Waals surface area contributed by atoms with E-state index in [2.05, 4.69) is 4.98 Å². The van der Waals surface area contributed by atoms with Crippen molar-refractivity contribution in [2.45, 2.75) is 0 Å². The number of carbonyl (C=O) groups excluding carboxylic acids is 1. The minimum absolute atomic E-state index is 0.187. The van der Waals surface area contributed by atoms with Crippen LogP contribution in [0, 0.1) is 17.1 Å². The van der Waals surface area contributed by atoms with Crippen molar-refractivity contribution in [3.8, 4) is 6.07 Å². The van der Waals surface area contributed by atoms with Crippen molar-refractivity contribution >= 4 is 17.4 Å². The van der Waals surface area contributed by atoms with Crippen molar-refractivity contribution in [2.24, 2.45) is 0 Å². The maximum atomic E-state index is 13.8. The number of nitrogen functional groups attached to an aromatic ring is 1. The van der Waals surface area contributed by atoms with Crippen LogP contribution in [0.15, 0.2) is 36.5 Å². The molecule has 20 heavy (non-hydrogen) atoms. The molecule has 0 radical (unpaired) electrons. The first kappa shape index (κ1) is 13.5. The van der Waals surface area contributed by atoms with E-state index in [1.807, 2.05) is 6.07 Å². The zero-order chi connectivity index (χ0) is 14.7. The Balaban J connectivity index is 2.44. The summed E-state index contributed by atoms with van der Waals surface area (Å²) in [7, 11) is 1.47. The molecule has 1 aromatic heterocycles. The number of aromatic nitrogens is 1. The van der Waals surface area contributed by atoms with E-state index < -0.39 is 11.7 Å². The van der Waals surface area contributed by atoms with Gasteiger partial charge in [0.25, 0.3) is 5.91 Å². The van der Waals surface area contributed by atoms with E-state index in [4.69, 9.17) is 11.0 Å². The van der Waals surface area contributed by atoms with Crippen molar-refractivity contribution in [3.63, 3.8) is 0 Å². The van der Waals surface area contributed by atoms with Gasteiger partial charge in [0.15, 0.2) is 11.6 Å². The molecule has 2 rings (SSSR count). The molecule has 0 atom stereocenters. The summed E-state index contributed by atoms with van der Waals surface area (Å²) in [5.41, 5.74) is 5.88. The number of nitriles is 1. The third-order valence-electron chi connectivity index (χ3n) is 2.84. The third kappa shape index (κ3) is 2.29. The largest absolute Gasteiger partial charge is 0.381 e. The average Bonchev–Trinajstić information content (AvgIpc) is 2.48. The number of rotatable bonds is 2. The van der Waals surface area contributed by atoms with Gasteiger partial charge in [0, 0.05) is 13.2 Å². The van der Waals surface area contributed by atoms with Gasteiger partial charge in [0.1, 0.15) is 6.07 Å². The van der Waals surface area contributed by atoms with Gasteiger partial charge < -0.3 is 10.6 Å². The smallest absolute Gasteiger partial charge is 0.261 e. The Bertz CT molecular complexity index is 709. The van der Waals surface area contributed by atoms with Crippen molar-refractivity contribution in [3.05, 3.63) is 53.5 Å². The molecule has 6 heteroatoms. The van der Waals surface area contributed by atoms with E-state index in [-0.39, 0.29) is 11.4 Å². The van der Waals surface area contributed by atoms with Crippen molar-refractivity contribution in [1.82, 2.24) is 4.98 Å². The van der Waals surface area contributed by atoms with Crippen LogP contribution in [0.4, 0.5) is 15.9 Å². The minimum Gasteiger partial charge on any atom is -0.381 e. The Morgan fingerprint density at radius 3 is 2.80 bits per heavy atom.